The van der Waals surface area contributed by atoms with E-state index < -0.39 is 0 Å². The maximum Gasteiger partial charge on any atom is 0.234 e. The predicted octanol–water partition coefficient (Wildman–Crippen LogP) is 0.741. The number of aromatic nitrogens is 4. The standard InChI is InChI=1S/C12H17N5O2S/c1-4-18-5-2-8(1)10-14-15-12-17(10)16-11(20-12)9-7-19-6-3-13-9/h8-9,13H,1-7H2. The summed E-state index contributed by atoms with van der Waals surface area (Å²) in [5.41, 5.74) is 0. The second-order valence-corrected chi connectivity index (χ2v) is 6.15. The van der Waals surface area contributed by atoms with E-state index in [1.165, 1.54) is 0 Å². The van der Waals surface area contributed by atoms with E-state index in [0.717, 1.165) is 55.0 Å². The van der Waals surface area contributed by atoms with Crippen molar-refractivity contribution < 1.29 is 9.47 Å². The number of nitrogens with one attached hydrogen (secondary N) is 1. The molecule has 108 valence electrons. The molecule has 2 aliphatic heterocycles. The molecule has 2 fully saturated rings. The van der Waals surface area contributed by atoms with Crippen LogP contribution in [0, 0.1) is 0 Å². The van der Waals surface area contributed by atoms with Gasteiger partial charge < -0.3 is 14.8 Å². The Balaban J connectivity index is 1.63. The summed E-state index contributed by atoms with van der Waals surface area (Å²) in [6.45, 7) is 3.92. The third-order valence-electron chi connectivity index (χ3n) is 3.84. The molecule has 0 bridgehead atoms. The van der Waals surface area contributed by atoms with E-state index in [0.29, 0.717) is 12.5 Å². The van der Waals surface area contributed by atoms with Crippen LogP contribution in [-0.4, -0.2) is 52.8 Å². The molecule has 1 atom stereocenters. The molecular formula is C12H17N5O2S. The van der Waals surface area contributed by atoms with Gasteiger partial charge >= 0.3 is 0 Å². The molecular weight excluding hydrogens is 278 g/mol. The SMILES string of the molecule is C1COCC(c2nn3c(C4CCOCC4)nnc3s2)N1. The molecule has 2 aromatic rings. The van der Waals surface area contributed by atoms with Gasteiger partial charge in [-0.25, -0.2) is 0 Å². The quantitative estimate of drug-likeness (QED) is 0.881. The summed E-state index contributed by atoms with van der Waals surface area (Å²) >= 11 is 1.59. The summed E-state index contributed by atoms with van der Waals surface area (Å²) in [5, 5.41) is 17.7. The molecule has 4 heterocycles. The highest BCUT2D eigenvalue weighted by molar-refractivity contribution is 7.16. The number of nitrogens with zero attached hydrogens (tertiary/aromatic N) is 4. The lowest BCUT2D eigenvalue weighted by Crippen LogP contribution is -2.34. The van der Waals surface area contributed by atoms with Crippen molar-refractivity contribution in [2.45, 2.75) is 24.8 Å². The number of morpholine rings is 1. The zero-order valence-electron chi connectivity index (χ0n) is 11.1. The lowest BCUT2D eigenvalue weighted by molar-refractivity contribution is 0.0763. The highest BCUT2D eigenvalue weighted by atomic mass is 32.1. The first kappa shape index (κ1) is 12.6. The highest BCUT2D eigenvalue weighted by Gasteiger charge is 2.25. The monoisotopic (exact) mass is 295 g/mol. The van der Waals surface area contributed by atoms with Gasteiger partial charge in [0.25, 0.3) is 0 Å². The second kappa shape index (κ2) is 5.36. The van der Waals surface area contributed by atoms with Gasteiger partial charge in [0.2, 0.25) is 4.96 Å². The molecule has 8 heteroatoms. The number of ether oxygens (including phenoxy) is 2. The molecule has 0 amide bonds. The number of hydrogen-bond acceptors (Lipinski definition) is 7. The Morgan fingerprint density at radius 3 is 2.85 bits per heavy atom. The minimum atomic E-state index is 0.179. The normalized spacial score (nSPS) is 25.3. The Bertz CT molecular complexity index is 586. The van der Waals surface area contributed by atoms with Crippen LogP contribution < -0.4 is 5.32 Å². The van der Waals surface area contributed by atoms with E-state index >= 15 is 0 Å². The van der Waals surface area contributed by atoms with Crippen LogP contribution in [0.25, 0.3) is 4.96 Å². The lowest BCUT2D eigenvalue weighted by Gasteiger charge is -2.21. The summed E-state index contributed by atoms with van der Waals surface area (Å²) < 4.78 is 12.8. The molecule has 20 heavy (non-hydrogen) atoms. The Hall–Kier alpha value is -1.09. The molecule has 0 saturated carbocycles. The summed E-state index contributed by atoms with van der Waals surface area (Å²) in [7, 11) is 0. The van der Waals surface area contributed by atoms with Gasteiger partial charge in [0.05, 0.1) is 19.3 Å². The average molecular weight is 295 g/mol. The van der Waals surface area contributed by atoms with Crippen molar-refractivity contribution in [2.24, 2.45) is 0 Å². The van der Waals surface area contributed by atoms with Crippen molar-refractivity contribution in [1.29, 1.82) is 0 Å². The second-order valence-electron chi connectivity index (χ2n) is 5.16. The van der Waals surface area contributed by atoms with Gasteiger partial charge in [-0.05, 0) is 12.8 Å². The van der Waals surface area contributed by atoms with Gasteiger partial charge in [-0.15, -0.1) is 10.2 Å². The fraction of sp³-hybridized carbons (Fsp3) is 0.750. The van der Waals surface area contributed by atoms with Gasteiger partial charge in [-0.3, -0.25) is 0 Å². The maximum atomic E-state index is 5.50. The smallest absolute Gasteiger partial charge is 0.234 e. The third kappa shape index (κ3) is 2.22. The number of fused-ring (bicyclic) bond motifs is 1. The van der Waals surface area contributed by atoms with Crippen LogP contribution in [0.2, 0.25) is 0 Å². The van der Waals surface area contributed by atoms with Crippen LogP contribution in [0.3, 0.4) is 0 Å². The van der Waals surface area contributed by atoms with Crippen LogP contribution in [0.15, 0.2) is 0 Å². The first-order valence-corrected chi connectivity index (χ1v) is 7.84. The first-order chi connectivity index (χ1) is 9.92. The Morgan fingerprint density at radius 2 is 2.05 bits per heavy atom. The molecule has 2 aromatic heterocycles. The van der Waals surface area contributed by atoms with E-state index in [2.05, 4.69) is 15.5 Å². The molecule has 4 rings (SSSR count). The highest BCUT2D eigenvalue weighted by Crippen LogP contribution is 2.28. The van der Waals surface area contributed by atoms with Gasteiger partial charge in [-0.1, -0.05) is 11.3 Å². The zero-order valence-corrected chi connectivity index (χ0v) is 11.9. The van der Waals surface area contributed by atoms with Crippen molar-refractivity contribution in [3.63, 3.8) is 0 Å². The Labute approximate surface area is 120 Å². The summed E-state index contributed by atoms with van der Waals surface area (Å²) in [5.74, 6) is 1.38. The Kier molecular flexibility index (Phi) is 3.39. The molecule has 0 aliphatic carbocycles. The summed E-state index contributed by atoms with van der Waals surface area (Å²) in [4.78, 5) is 0.869. The minimum Gasteiger partial charge on any atom is -0.381 e. The van der Waals surface area contributed by atoms with E-state index in [-0.39, 0.29) is 6.04 Å². The van der Waals surface area contributed by atoms with Crippen LogP contribution in [0.5, 0.6) is 0 Å². The fourth-order valence-electron chi connectivity index (χ4n) is 2.72. The molecule has 1 unspecified atom stereocenters. The molecule has 0 aromatic carbocycles. The van der Waals surface area contributed by atoms with E-state index in [1.807, 2.05) is 4.52 Å². The fourth-order valence-corrected chi connectivity index (χ4v) is 3.63. The molecule has 1 N–H and O–H groups in total. The molecule has 2 saturated heterocycles. The number of hydrogen-bond donors (Lipinski definition) is 1. The lowest BCUT2D eigenvalue weighted by atomic mass is 10.00. The third-order valence-corrected chi connectivity index (χ3v) is 4.85. The van der Waals surface area contributed by atoms with Crippen LogP contribution in [0.4, 0.5) is 0 Å². The minimum absolute atomic E-state index is 0.179. The summed E-state index contributed by atoms with van der Waals surface area (Å²) in [6, 6.07) is 0.179. The number of rotatable bonds is 2. The van der Waals surface area contributed by atoms with Gasteiger partial charge in [-0.2, -0.15) is 9.61 Å². The first-order valence-electron chi connectivity index (χ1n) is 7.03. The van der Waals surface area contributed by atoms with Crippen LogP contribution >= 0.6 is 11.3 Å². The average Bonchev–Trinajstić information content (AvgIpc) is 3.09. The van der Waals surface area contributed by atoms with Crippen LogP contribution in [-0.2, 0) is 9.47 Å². The Morgan fingerprint density at radius 1 is 1.15 bits per heavy atom. The van der Waals surface area contributed by atoms with Gasteiger partial charge in [0, 0.05) is 25.7 Å². The van der Waals surface area contributed by atoms with E-state index in [4.69, 9.17) is 14.6 Å². The topological polar surface area (TPSA) is 73.6 Å². The molecule has 0 spiro atoms. The van der Waals surface area contributed by atoms with Gasteiger partial charge in [0.1, 0.15) is 5.01 Å². The largest absolute Gasteiger partial charge is 0.381 e. The molecule has 2 aliphatic rings. The van der Waals surface area contributed by atoms with Crippen molar-refractivity contribution in [1.82, 2.24) is 25.1 Å². The van der Waals surface area contributed by atoms with Crippen molar-refractivity contribution in [3.05, 3.63) is 10.8 Å². The molecule has 7 nitrogen and oxygen atoms in total. The van der Waals surface area contributed by atoms with Gasteiger partial charge in [0.15, 0.2) is 5.82 Å². The van der Waals surface area contributed by atoms with E-state index in [9.17, 15) is 0 Å². The molecule has 0 radical (unpaired) electrons. The predicted molar refractivity (Wildman–Crippen MR) is 73.0 cm³/mol. The zero-order chi connectivity index (χ0) is 13.4. The van der Waals surface area contributed by atoms with Crippen molar-refractivity contribution in [2.75, 3.05) is 33.0 Å². The van der Waals surface area contributed by atoms with Crippen molar-refractivity contribution >= 4 is 16.3 Å². The van der Waals surface area contributed by atoms with Crippen LogP contribution in [0.1, 0.15) is 35.6 Å². The maximum absolute atomic E-state index is 5.50. The van der Waals surface area contributed by atoms with Crippen molar-refractivity contribution in [3.8, 4) is 0 Å². The van der Waals surface area contributed by atoms with E-state index in [1.54, 1.807) is 11.3 Å². The summed E-state index contributed by atoms with van der Waals surface area (Å²) in [6.07, 6.45) is 2.00.